The highest BCUT2D eigenvalue weighted by molar-refractivity contribution is 6.39. The summed E-state index contributed by atoms with van der Waals surface area (Å²) >= 11 is 12.5. The molecule has 2 aromatic rings. The molecule has 2 atom stereocenters. The molecule has 2 unspecified atom stereocenters. The van der Waals surface area contributed by atoms with E-state index in [2.05, 4.69) is 39.6 Å². The first-order valence-electron chi connectivity index (χ1n) is 12.3. The summed E-state index contributed by atoms with van der Waals surface area (Å²) in [7, 11) is 3.75. The standard InChI is InChI=1S/C29H38Cl2N2O3/c1-7-13-29(20-28(2,3)4,32-26(19-35)23-15-24(30)17-25(31)16-23)33(5)27(12-14-36-6)22-10-8-21(18-34)9-11-22/h8-11,15-19,27H,7,12-14,20H2,1-6H3/b32-26+. The molecular weight excluding hydrogens is 495 g/mol. The Hall–Kier alpha value is -2.05. The second kappa shape index (κ2) is 13.5. The van der Waals surface area contributed by atoms with Crippen LogP contribution < -0.4 is 0 Å². The van der Waals surface area contributed by atoms with Crippen molar-refractivity contribution in [1.29, 1.82) is 0 Å². The maximum atomic E-state index is 12.4. The van der Waals surface area contributed by atoms with Crippen LogP contribution in [0.5, 0.6) is 0 Å². The van der Waals surface area contributed by atoms with Crippen molar-refractivity contribution in [3.63, 3.8) is 0 Å². The van der Waals surface area contributed by atoms with E-state index in [-0.39, 0.29) is 11.5 Å². The highest BCUT2D eigenvalue weighted by Gasteiger charge is 2.41. The number of halogens is 2. The molecular formula is C29H38Cl2N2O3. The quantitative estimate of drug-likeness (QED) is 0.198. The molecule has 0 aromatic heterocycles. The normalized spacial score (nSPS) is 15.0. The number of hydrogen-bond donors (Lipinski definition) is 0. The summed E-state index contributed by atoms with van der Waals surface area (Å²) in [5.41, 5.74) is 1.81. The number of aldehydes is 2. The molecule has 0 bridgehead atoms. The van der Waals surface area contributed by atoms with Crippen molar-refractivity contribution in [1.82, 2.24) is 4.90 Å². The molecule has 0 saturated heterocycles. The second-order valence-electron chi connectivity index (χ2n) is 10.4. The minimum Gasteiger partial charge on any atom is -0.385 e. The summed E-state index contributed by atoms with van der Waals surface area (Å²) < 4.78 is 5.46. The summed E-state index contributed by atoms with van der Waals surface area (Å²) in [5, 5.41) is 0.899. The lowest BCUT2D eigenvalue weighted by atomic mass is 9.80. The molecule has 0 spiro atoms. The maximum Gasteiger partial charge on any atom is 0.168 e. The van der Waals surface area contributed by atoms with Crippen LogP contribution in [0.4, 0.5) is 0 Å². The van der Waals surface area contributed by atoms with Crippen molar-refractivity contribution in [3.05, 3.63) is 69.2 Å². The summed E-state index contributed by atoms with van der Waals surface area (Å²) in [6.45, 7) is 9.22. The van der Waals surface area contributed by atoms with Crippen LogP contribution in [0.1, 0.15) is 80.9 Å². The van der Waals surface area contributed by atoms with E-state index in [0.717, 1.165) is 37.4 Å². The zero-order chi connectivity index (χ0) is 26.9. The third-order valence-corrected chi connectivity index (χ3v) is 6.68. The van der Waals surface area contributed by atoms with Crippen molar-refractivity contribution < 1.29 is 14.3 Å². The Kier molecular flexibility index (Phi) is 11.3. The molecule has 0 heterocycles. The van der Waals surface area contributed by atoms with Gasteiger partial charge in [0.15, 0.2) is 6.29 Å². The Bertz CT molecular complexity index is 1030. The molecule has 2 aromatic carbocycles. The van der Waals surface area contributed by atoms with Gasteiger partial charge in [-0.25, -0.2) is 0 Å². The molecule has 0 fully saturated rings. The van der Waals surface area contributed by atoms with Crippen molar-refractivity contribution in [2.24, 2.45) is 10.4 Å². The molecule has 0 radical (unpaired) electrons. The Morgan fingerprint density at radius 1 is 1.08 bits per heavy atom. The fourth-order valence-corrected chi connectivity index (χ4v) is 5.32. The van der Waals surface area contributed by atoms with Crippen LogP contribution in [-0.2, 0) is 9.53 Å². The van der Waals surface area contributed by atoms with Gasteiger partial charge in [0.05, 0.1) is 0 Å². The van der Waals surface area contributed by atoms with Crippen LogP contribution in [0.3, 0.4) is 0 Å². The molecule has 0 saturated carbocycles. The molecule has 0 aliphatic heterocycles. The first-order chi connectivity index (χ1) is 17.0. The molecule has 196 valence electrons. The number of benzene rings is 2. The van der Waals surface area contributed by atoms with E-state index in [1.54, 1.807) is 25.3 Å². The maximum absolute atomic E-state index is 12.4. The smallest absolute Gasteiger partial charge is 0.168 e. The number of methoxy groups -OCH3 is 1. The lowest BCUT2D eigenvalue weighted by molar-refractivity contribution is -0.102. The number of ether oxygens (including phenoxy) is 1. The Morgan fingerprint density at radius 3 is 2.17 bits per heavy atom. The molecule has 0 amide bonds. The number of rotatable bonds is 13. The van der Waals surface area contributed by atoms with E-state index < -0.39 is 5.66 Å². The topological polar surface area (TPSA) is 59.0 Å². The fourth-order valence-electron chi connectivity index (χ4n) is 4.80. The lowest BCUT2D eigenvalue weighted by Crippen LogP contribution is -2.50. The third kappa shape index (κ3) is 8.24. The predicted molar refractivity (Wildman–Crippen MR) is 150 cm³/mol. The molecule has 7 heteroatoms. The third-order valence-electron chi connectivity index (χ3n) is 6.24. The molecule has 0 aliphatic carbocycles. The number of aliphatic imine (C=N–C) groups is 1. The van der Waals surface area contributed by atoms with E-state index >= 15 is 0 Å². The van der Waals surface area contributed by atoms with Crippen molar-refractivity contribution in [3.8, 4) is 0 Å². The van der Waals surface area contributed by atoms with Gasteiger partial charge in [-0.1, -0.05) is 81.6 Å². The van der Waals surface area contributed by atoms with Gasteiger partial charge in [-0.05, 0) is 55.5 Å². The number of carbonyl (C=O) groups is 2. The van der Waals surface area contributed by atoms with Gasteiger partial charge in [-0.2, -0.15) is 0 Å². The van der Waals surface area contributed by atoms with Crippen LogP contribution in [0.2, 0.25) is 10.0 Å². The number of carbonyl (C=O) groups excluding carboxylic acids is 2. The van der Waals surface area contributed by atoms with Gasteiger partial charge in [0.25, 0.3) is 0 Å². The van der Waals surface area contributed by atoms with Crippen LogP contribution in [0, 0.1) is 5.41 Å². The highest BCUT2D eigenvalue weighted by atomic mass is 35.5. The summed E-state index contributed by atoms with van der Waals surface area (Å²) in [5.74, 6) is 0. The van der Waals surface area contributed by atoms with Gasteiger partial charge in [0.1, 0.15) is 17.7 Å². The van der Waals surface area contributed by atoms with Crippen LogP contribution in [0.25, 0.3) is 0 Å². The van der Waals surface area contributed by atoms with E-state index in [1.165, 1.54) is 0 Å². The molecule has 36 heavy (non-hydrogen) atoms. The largest absolute Gasteiger partial charge is 0.385 e. The first-order valence-corrected chi connectivity index (χ1v) is 13.0. The van der Waals surface area contributed by atoms with Gasteiger partial charge in [0, 0.05) is 40.9 Å². The van der Waals surface area contributed by atoms with Crippen molar-refractivity contribution >= 4 is 41.5 Å². The number of nitrogens with zero attached hydrogens (tertiary/aromatic N) is 2. The monoisotopic (exact) mass is 532 g/mol. The number of hydrogen-bond acceptors (Lipinski definition) is 5. The van der Waals surface area contributed by atoms with E-state index in [9.17, 15) is 9.59 Å². The summed E-state index contributed by atoms with van der Waals surface area (Å²) in [6, 6.07) is 12.6. The molecule has 0 N–H and O–H groups in total. The molecule has 2 rings (SSSR count). The lowest BCUT2D eigenvalue weighted by Gasteiger charge is -2.47. The van der Waals surface area contributed by atoms with Gasteiger partial charge >= 0.3 is 0 Å². The Morgan fingerprint density at radius 2 is 1.69 bits per heavy atom. The van der Waals surface area contributed by atoms with Crippen LogP contribution in [0.15, 0.2) is 47.5 Å². The molecule has 0 aliphatic rings. The zero-order valence-electron chi connectivity index (χ0n) is 22.2. The zero-order valence-corrected chi connectivity index (χ0v) is 23.7. The van der Waals surface area contributed by atoms with Gasteiger partial charge in [0.2, 0.25) is 0 Å². The van der Waals surface area contributed by atoms with Gasteiger partial charge < -0.3 is 4.74 Å². The van der Waals surface area contributed by atoms with Crippen LogP contribution in [-0.4, -0.2) is 49.6 Å². The second-order valence-corrected chi connectivity index (χ2v) is 11.3. The summed E-state index contributed by atoms with van der Waals surface area (Å²) in [6.07, 6.45) is 4.67. The minimum absolute atomic E-state index is 0.0563. The van der Waals surface area contributed by atoms with Crippen molar-refractivity contribution in [2.45, 2.75) is 65.1 Å². The Balaban J connectivity index is 2.74. The average Bonchev–Trinajstić information content (AvgIpc) is 2.81. The van der Waals surface area contributed by atoms with E-state index in [0.29, 0.717) is 39.9 Å². The van der Waals surface area contributed by atoms with Crippen LogP contribution >= 0.6 is 23.2 Å². The highest BCUT2D eigenvalue weighted by Crippen LogP contribution is 2.41. The van der Waals surface area contributed by atoms with Crippen molar-refractivity contribution in [2.75, 3.05) is 20.8 Å². The molecule has 5 nitrogen and oxygen atoms in total. The average molecular weight is 534 g/mol. The summed E-state index contributed by atoms with van der Waals surface area (Å²) in [4.78, 5) is 31.1. The SMILES string of the molecule is CCCC(CC(C)(C)C)(/N=C(\C=O)c1cc(Cl)cc(Cl)c1)N(C)C(CCOC)c1ccc(C=O)cc1. The van der Waals surface area contributed by atoms with Gasteiger partial charge in [-0.3, -0.25) is 19.5 Å². The fraction of sp³-hybridized carbons (Fsp3) is 0.483. The van der Waals surface area contributed by atoms with Gasteiger partial charge in [-0.15, -0.1) is 0 Å². The van der Waals surface area contributed by atoms with E-state index in [1.807, 2.05) is 24.3 Å². The van der Waals surface area contributed by atoms with E-state index in [4.69, 9.17) is 32.9 Å². The predicted octanol–water partition coefficient (Wildman–Crippen LogP) is 7.44. The first kappa shape index (κ1) is 30.2. The minimum atomic E-state index is -0.695. The Labute approximate surface area is 225 Å².